The van der Waals surface area contributed by atoms with E-state index in [1.54, 1.807) is 6.92 Å². The van der Waals surface area contributed by atoms with Crippen LogP contribution in [0.1, 0.15) is 5.56 Å². The van der Waals surface area contributed by atoms with Gasteiger partial charge >= 0.3 is 5.69 Å². The quantitative estimate of drug-likeness (QED) is 0.447. The molecule has 2 aromatic heterocycles. The summed E-state index contributed by atoms with van der Waals surface area (Å²) < 4.78 is 49.4. The number of halogens is 5. The lowest BCUT2D eigenvalue weighted by atomic mass is 10.2. The molecule has 132 valence electrons. The number of aryl methyl sites for hydroxylation is 1. The molecule has 1 aromatic carbocycles. The van der Waals surface area contributed by atoms with Crippen LogP contribution in [0.5, 0.6) is 0 Å². The van der Waals surface area contributed by atoms with E-state index in [2.05, 4.69) is 25.9 Å². The first-order valence-electron chi connectivity index (χ1n) is 6.55. The normalized spacial score (nSPS) is 10.5. The predicted molar refractivity (Wildman–Crippen MR) is 84.3 cm³/mol. The van der Waals surface area contributed by atoms with E-state index in [4.69, 9.17) is 0 Å². The lowest BCUT2D eigenvalue weighted by molar-refractivity contribution is 0.295. The van der Waals surface area contributed by atoms with Gasteiger partial charge in [-0.05, 0) is 24.6 Å². The number of nitrogens with zero attached hydrogens (tertiary/aromatic N) is 4. The number of alkyl halides is 2. The molecule has 0 N–H and O–H groups in total. The Morgan fingerprint density at radius 1 is 1.16 bits per heavy atom. The molecule has 25 heavy (non-hydrogen) atoms. The summed E-state index contributed by atoms with van der Waals surface area (Å²) in [5.41, 5.74) is -1.24. The molecule has 6 nitrogen and oxygen atoms in total. The standard InChI is InChI=1S/C13H7BrF2N4O2.CH2F2/c1-6-2-9(8(15)3-7(6)14)20-11(21)4-10(16)19-5-17-12(22)18-13(19)20;2-1-3/h2-5H,1H3;1H2. The van der Waals surface area contributed by atoms with Crippen molar-refractivity contribution in [3.05, 3.63) is 67.2 Å². The fourth-order valence-electron chi connectivity index (χ4n) is 2.01. The van der Waals surface area contributed by atoms with E-state index in [1.807, 2.05) is 0 Å². The number of hydrogen-bond acceptors (Lipinski definition) is 4. The highest BCUT2D eigenvalue weighted by Crippen LogP contribution is 2.23. The molecule has 3 aromatic rings. The third-order valence-corrected chi connectivity index (χ3v) is 3.91. The number of rotatable bonds is 1. The maximum Gasteiger partial charge on any atom is 0.371 e. The molecule has 11 heteroatoms. The van der Waals surface area contributed by atoms with Gasteiger partial charge in [0.25, 0.3) is 5.56 Å². The first-order valence-corrected chi connectivity index (χ1v) is 7.34. The van der Waals surface area contributed by atoms with Crippen molar-refractivity contribution in [2.75, 3.05) is 6.93 Å². The first kappa shape index (κ1) is 18.8. The van der Waals surface area contributed by atoms with Gasteiger partial charge in [-0.1, -0.05) is 15.9 Å². The Morgan fingerprint density at radius 3 is 2.44 bits per heavy atom. The molecule has 0 atom stereocenters. The lowest BCUT2D eigenvalue weighted by Gasteiger charge is -2.12. The Kier molecular flexibility index (Phi) is 5.67. The van der Waals surface area contributed by atoms with Gasteiger partial charge in [-0.3, -0.25) is 4.79 Å². The summed E-state index contributed by atoms with van der Waals surface area (Å²) in [6.45, 7) is -0.0507. The van der Waals surface area contributed by atoms with Crippen molar-refractivity contribution in [1.82, 2.24) is 18.9 Å². The van der Waals surface area contributed by atoms with Gasteiger partial charge < -0.3 is 0 Å². The Bertz CT molecular complexity index is 1050. The Labute approximate surface area is 145 Å². The molecule has 0 aliphatic heterocycles. The summed E-state index contributed by atoms with van der Waals surface area (Å²) >= 11 is 3.18. The number of fused-ring (bicyclic) bond motifs is 1. The highest BCUT2D eigenvalue weighted by molar-refractivity contribution is 9.10. The van der Waals surface area contributed by atoms with Gasteiger partial charge in [0.05, 0.1) is 11.8 Å². The SMILES string of the molecule is Cc1cc(-n2c(=O)cc(F)n3cnc(=O)nc23)c(F)cc1Br.FCF. The number of hydrogen-bond donors (Lipinski definition) is 0. The Morgan fingerprint density at radius 2 is 1.80 bits per heavy atom. The minimum Gasteiger partial charge on any atom is -0.269 e. The fourth-order valence-corrected chi connectivity index (χ4v) is 2.33. The van der Waals surface area contributed by atoms with Crippen LogP contribution in [0.25, 0.3) is 11.5 Å². The summed E-state index contributed by atoms with van der Waals surface area (Å²) in [6, 6.07) is 3.24. The third kappa shape index (κ3) is 3.76. The third-order valence-electron chi connectivity index (χ3n) is 3.06. The van der Waals surface area contributed by atoms with Gasteiger partial charge in [0, 0.05) is 4.47 Å². The van der Waals surface area contributed by atoms with E-state index >= 15 is 0 Å². The van der Waals surface area contributed by atoms with Gasteiger partial charge in [0.1, 0.15) is 12.1 Å². The summed E-state index contributed by atoms with van der Waals surface area (Å²) in [5.74, 6) is -2.03. The predicted octanol–water partition coefficient (Wildman–Crippen LogP) is 2.47. The zero-order valence-corrected chi connectivity index (χ0v) is 14.1. The van der Waals surface area contributed by atoms with Crippen molar-refractivity contribution < 1.29 is 17.6 Å². The molecular weight excluding hydrogens is 412 g/mol. The Hall–Kier alpha value is -2.56. The lowest BCUT2D eigenvalue weighted by Crippen LogP contribution is -2.27. The van der Waals surface area contributed by atoms with Crippen LogP contribution >= 0.6 is 15.9 Å². The fraction of sp³-hybridized carbons (Fsp3) is 0.143. The van der Waals surface area contributed by atoms with Gasteiger partial charge in [0.15, 0.2) is 0 Å². The summed E-state index contributed by atoms with van der Waals surface area (Å²) in [4.78, 5) is 30.2. The highest BCUT2D eigenvalue weighted by atomic mass is 79.9. The van der Waals surface area contributed by atoms with E-state index in [0.29, 0.717) is 16.1 Å². The first-order chi connectivity index (χ1) is 11.8. The van der Waals surface area contributed by atoms with Crippen molar-refractivity contribution in [2.45, 2.75) is 6.92 Å². The average Bonchev–Trinajstić information content (AvgIpc) is 2.52. The van der Waals surface area contributed by atoms with Gasteiger partial charge in [-0.2, -0.15) is 14.4 Å². The second-order valence-corrected chi connectivity index (χ2v) is 5.46. The van der Waals surface area contributed by atoms with E-state index < -0.39 is 29.9 Å². The zero-order valence-electron chi connectivity index (χ0n) is 12.5. The molecule has 0 radical (unpaired) electrons. The smallest absolute Gasteiger partial charge is 0.269 e. The molecule has 0 aliphatic carbocycles. The van der Waals surface area contributed by atoms with Crippen LogP contribution in [-0.2, 0) is 0 Å². The van der Waals surface area contributed by atoms with Crippen molar-refractivity contribution in [2.24, 2.45) is 0 Å². The van der Waals surface area contributed by atoms with E-state index in [0.717, 1.165) is 15.3 Å². The molecule has 0 saturated carbocycles. The summed E-state index contributed by atoms with van der Waals surface area (Å²) in [7, 11) is 0. The topological polar surface area (TPSA) is 69.3 Å². The highest BCUT2D eigenvalue weighted by Gasteiger charge is 2.16. The molecule has 0 amide bonds. The maximum absolute atomic E-state index is 14.2. The van der Waals surface area contributed by atoms with Crippen LogP contribution in [0.2, 0.25) is 0 Å². The molecule has 0 bridgehead atoms. The largest absolute Gasteiger partial charge is 0.371 e. The second-order valence-electron chi connectivity index (χ2n) is 4.60. The van der Waals surface area contributed by atoms with Crippen molar-refractivity contribution in [3.8, 4) is 5.69 Å². The monoisotopic (exact) mass is 420 g/mol. The van der Waals surface area contributed by atoms with Crippen LogP contribution in [0, 0.1) is 18.7 Å². The van der Waals surface area contributed by atoms with Crippen LogP contribution < -0.4 is 11.2 Å². The van der Waals surface area contributed by atoms with Crippen LogP contribution in [0.15, 0.2) is 38.6 Å². The van der Waals surface area contributed by atoms with Gasteiger partial charge in [-0.25, -0.2) is 26.9 Å². The van der Waals surface area contributed by atoms with Crippen molar-refractivity contribution in [1.29, 1.82) is 0 Å². The molecular formula is C14H9BrF4N4O2. The molecule has 0 unspecified atom stereocenters. The average molecular weight is 421 g/mol. The molecule has 0 fully saturated rings. The van der Waals surface area contributed by atoms with Crippen LogP contribution in [-0.4, -0.2) is 25.9 Å². The van der Waals surface area contributed by atoms with Crippen molar-refractivity contribution >= 4 is 21.7 Å². The number of benzene rings is 1. The van der Waals surface area contributed by atoms with Gasteiger partial charge in [-0.15, -0.1) is 0 Å². The van der Waals surface area contributed by atoms with Crippen LogP contribution in [0.4, 0.5) is 17.6 Å². The molecule has 3 rings (SSSR count). The van der Waals surface area contributed by atoms with E-state index in [1.165, 1.54) is 12.1 Å². The number of aromatic nitrogens is 4. The summed E-state index contributed by atoms with van der Waals surface area (Å²) in [5, 5.41) is 0. The maximum atomic E-state index is 14.2. The molecule has 2 heterocycles. The van der Waals surface area contributed by atoms with E-state index in [9.17, 15) is 27.2 Å². The summed E-state index contributed by atoms with van der Waals surface area (Å²) in [6.07, 6.45) is 0.888. The minimum atomic E-state index is -1.75. The molecule has 0 saturated heterocycles. The van der Waals surface area contributed by atoms with Crippen molar-refractivity contribution in [3.63, 3.8) is 0 Å². The van der Waals surface area contributed by atoms with Crippen LogP contribution in [0.3, 0.4) is 0 Å². The molecule has 0 aliphatic rings. The van der Waals surface area contributed by atoms with E-state index in [-0.39, 0.29) is 11.5 Å². The minimum absolute atomic E-state index is 0.138. The Balaban J connectivity index is 0.000000701. The second kappa shape index (κ2) is 7.55. The molecule has 0 spiro atoms. The zero-order chi connectivity index (χ0) is 18.7. The van der Waals surface area contributed by atoms with Gasteiger partial charge in [0.2, 0.25) is 18.7 Å².